The van der Waals surface area contributed by atoms with Gasteiger partial charge in [-0.3, -0.25) is 0 Å². The molecule has 2 heterocycles. The molecule has 3 aromatic rings. The number of thioether (sulfide) groups is 1. The number of carbonyl (C=O) groups is 1. The van der Waals surface area contributed by atoms with Crippen molar-refractivity contribution in [3.8, 4) is 0 Å². The predicted octanol–water partition coefficient (Wildman–Crippen LogP) is 6.21. The van der Waals surface area contributed by atoms with Crippen LogP contribution in [0, 0.1) is 0 Å². The number of hydrogen-bond acceptors (Lipinski definition) is 7. The standard InChI is InChI=1S/C26H23ClN4O2S/c1-3-23-21-15-8-9-16-22(21)26(30(28-23)19-12-6-5-7-13-19)31(20-14-10-11-18(27)17-20)29-24(34-26)25(32)33-4-2/h5-17H,3-4H2,1-2H3. The van der Waals surface area contributed by atoms with Gasteiger partial charge in [0.2, 0.25) is 10.0 Å². The van der Waals surface area contributed by atoms with Crippen LogP contribution in [0.4, 0.5) is 11.4 Å². The summed E-state index contributed by atoms with van der Waals surface area (Å²) in [5.74, 6) is -0.466. The first-order valence-corrected chi connectivity index (χ1v) is 12.3. The van der Waals surface area contributed by atoms with E-state index in [-0.39, 0.29) is 11.7 Å². The lowest BCUT2D eigenvalue weighted by molar-refractivity contribution is -0.134. The Bertz CT molecular complexity index is 1300. The van der Waals surface area contributed by atoms with Crippen molar-refractivity contribution in [2.24, 2.45) is 10.2 Å². The molecule has 1 unspecified atom stereocenters. The predicted molar refractivity (Wildman–Crippen MR) is 139 cm³/mol. The normalized spacial score (nSPS) is 19.0. The molecule has 6 nitrogen and oxygen atoms in total. The molecule has 0 saturated heterocycles. The van der Waals surface area contributed by atoms with E-state index in [0.717, 1.165) is 34.6 Å². The number of carbonyl (C=O) groups excluding carboxylic acids is 1. The van der Waals surface area contributed by atoms with Crippen molar-refractivity contribution in [1.82, 2.24) is 0 Å². The number of nitrogens with zero attached hydrogens (tertiary/aromatic N) is 4. The van der Waals surface area contributed by atoms with Gasteiger partial charge >= 0.3 is 5.97 Å². The molecule has 34 heavy (non-hydrogen) atoms. The third-order valence-corrected chi connectivity index (χ3v) is 7.18. The molecule has 0 N–H and O–H groups in total. The fourth-order valence-corrected chi connectivity index (χ4v) is 5.69. The van der Waals surface area contributed by atoms with Gasteiger partial charge in [0.25, 0.3) is 0 Å². The highest BCUT2D eigenvalue weighted by molar-refractivity contribution is 8.16. The minimum atomic E-state index is -0.997. The van der Waals surface area contributed by atoms with Crippen LogP contribution in [0.5, 0.6) is 0 Å². The van der Waals surface area contributed by atoms with Crippen LogP contribution in [0.25, 0.3) is 0 Å². The van der Waals surface area contributed by atoms with Crippen LogP contribution < -0.4 is 10.0 Å². The molecule has 172 valence electrons. The Balaban J connectivity index is 1.80. The van der Waals surface area contributed by atoms with Crippen LogP contribution in [0.1, 0.15) is 31.4 Å². The fourth-order valence-electron chi connectivity index (χ4n) is 4.21. The van der Waals surface area contributed by atoms with E-state index in [4.69, 9.17) is 26.5 Å². The van der Waals surface area contributed by atoms with Gasteiger partial charge in [-0.05, 0) is 55.4 Å². The second-order valence-electron chi connectivity index (χ2n) is 7.72. The van der Waals surface area contributed by atoms with Gasteiger partial charge in [-0.15, -0.1) is 0 Å². The summed E-state index contributed by atoms with van der Waals surface area (Å²) < 4.78 is 5.34. The van der Waals surface area contributed by atoms with Gasteiger partial charge in [0.05, 0.1) is 23.7 Å². The zero-order valence-electron chi connectivity index (χ0n) is 18.8. The Labute approximate surface area is 207 Å². The highest BCUT2D eigenvalue weighted by Crippen LogP contribution is 2.55. The van der Waals surface area contributed by atoms with Crippen LogP contribution in [-0.4, -0.2) is 23.3 Å². The zero-order chi connectivity index (χ0) is 23.7. The maximum atomic E-state index is 12.9. The van der Waals surface area contributed by atoms with Crippen LogP contribution in [0.3, 0.4) is 0 Å². The van der Waals surface area contributed by atoms with E-state index in [1.807, 2.05) is 76.7 Å². The molecular formula is C26H23ClN4O2S. The van der Waals surface area contributed by atoms with Crippen molar-refractivity contribution in [2.75, 3.05) is 16.6 Å². The summed E-state index contributed by atoms with van der Waals surface area (Å²) in [7, 11) is 0. The van der Waals surface area contributed by atoms with Crippen LogP contribution in [0.15, 0.2) is 89.1 Å². The molecule has 3 aromatic carbocycles. The molecule has 2 aliphatic rings. The van der Waals surface area contributed by atoms with Crippen molar-refractivity contribution in [3.63, 3.8) is 0 Å². The monoisotopic (exact) mass is 490 g/mol. The molecule has 0 saturated carbocycles. The number of hydrogen-bond donors (Lipinski definition) is 0. The van der Waals surface area contributed by atoms with E-state index in [1.165, 1.54) is 11.8 Å². The van der Waals surface area contributed by atoms with Crippen molar-refractivity contribution >= 4 is 51.5 Å². The molecule has 1 atom stereocenters. The number of fused-ring (bicyclic) bond motifs is 2. The summed E-state index contributed by atoms with van der Waals surface area (Å²) in [5, 5.41) is 14.5. The van der Waals surface area contributed by atoms with Gasteiger partial charge in [-0.1, -0.05) is 67.1 Å². The number of halogens is 1. The minimum absolute atomic E-state index is 0.257. The summed E-state index contributed by atoms with van der Waals surface area (Å²) in [4.78, 5) is 11.9. The van der Waals surface area contributed by atoms with Crippen LogP contribution >= 0.6 is 23.4 Å². The Hall–Kier alpha value is -3.29. The average Bonchev–Trinajstić information content (AvgIpc) is 3.26. The number of ether oxygens (including phenoxy) is 1. The van der Waals surface area contributed by atoms with E-state index < -0.39 is 11.0 Å². The lowest BCUT2D eigenvalue weighted by atomic mass is 9.96. The summed E-state index contributed by atoms with van der Waals surface area (Å²) in [6.45, 7) is 4.14. The number of hydrazone groups is 2. The van der Waals surface area contributed by atoms with E-state index in [0.29, 0.717) is 5.02 Å². The third kappa shape index (κ3) is 3.65. The van der Waals surface area contributed by atoms with Gasteiger partial charge in [-0.2, -0.15) is 10.2 Å². The molecule has 2 aliphatic heterocycles. The molecule has 0 fully saturated rings. The molecular weight excluding hydrogens is 468 g/mol. The average molecular weight is 491 g/mol. The molecule has 8 heteroatoms. The molecule has 0 amide bonds. The largest absolute Gasteiger partial charge is 0.461 e. The fraction of sp³-hybridized carbons (Fsp3) is 0.192. The van der Waals surface area contributed by atoms with Gasteiger partial charge in [-0.25, -0.2) is 14.8 Å². The lowest BCUT2D eigenvalue weighted by Crippen LogP contribution is -2.54. The smallest absolute Gasteiger partial charge is 0.365 e. The lowest BCUT2D eigenvalue weighted by Gasteiger charge is -2.47. The summed E-state index contributed by atoms with van der Waals surface area (Å²) in [6, 6.07) is 25.5. The molecule has 0 bridgehead atoms. The molecule has 1 spiro atoms. The first-order valence-electron chi connectivity index (χ1n) is 11.1. The third-order valence-electron chi connectivity index (χ3n) is 5.65. The Morgan fingerprint density at radius 2 is 1.65 bits per heavy atom. The van der Waals surface area contributed by atoms with E-state index in [2.05, 4.69) is 19.1 Å². The van der Waals surface area contributed by atoms with E-state index >= 15 is 0 Å². The van der Waals surface area contributed by atoms with Gasteiger partial charge in [0.1, 0.15) is 0 Å². The quantitative estimate of drug-likeness (QED) is 0.398. The molecule has 0 radical (unpaired) electrons. The zero-order valence-corrected chi connectivity index (χ0v) is 20.4. The summed E-state index contributed by atoms with van der Waals surface area (Å²) in [6.07, 6.45) is 0.754. The summed E-state index contributed by atoms with van der Waals surface area (Å²) in [5.41, 5.74) is 4.59. The van der Waals surface area contributed by atoms with Crippen LogP contribution in [-0.2, 0) is 14.5 Å². The Morgan fingerprint density at radius 1 is 0.941 bits per heavy atom. The topological polar surface area (TPSA) is 57.5 Å². The maximum Gasteiger partial charge on any atom is 0.365 e. The molecule has 0 aliphatic carbocycles. The van der Waals surface area contributed by atoms with Gasteiger partial charge < -0.3 is 4.74 Å². The summed E-state index contributed by atoms with van der Waals surface area (Å²) >= 11 is 7.71. The number of para-hydroxylation sites is 1. The van der Waals surface area contributed by atoms with Crippen LogP contribution in [0.2, 0.25) is 5.02 Å². The minimum Gasteiger partial charge on any atom is -0.461 e. The first-order chi connectivity index (χ1) is 16.6. The van der Waals surface area contributed by atoms with E-state index in [1.54, 1.807) is 6.92 Å². The second-order valence-corrected chi connectivity index (χ2v) is 9.32. The van der Waals surface area contributed by atoms with Gasteiger partial charge in [0, 0.05) is 16.1 Å². The van der Waals surface area contributed by atoms with Crippen molar-refractivity contribution in [1.29, 1.82) is 0 Å². The van der Waals surface area contributed by atoms with Crippen molar-refractivity contribution in [3.05, 3.63) is 95.0 Å². The van der Waals surface area contributed by atoms with Crippen molar-refractivity contribution in [2.45, 2.75) is 25.3 Å². The number of anilines is 2. The number of benzene rings is 3. The number of rotatable bonds is 5. The second kappa shape index (κ2) is 9.16. The SMILES string of the molecule is CCOC(=O)C1=NN(c2cccc(Cl)c2)C2(S1)c1ccccc1C(CC)=NN2c1ccccc1. The highest BCUT2D eigenvalue weighted by Gasteiger charge is 2.56. The van der Waals surface area contributed by atoms with E-state index in [9.17, 15) is 4.79 Å². The Morgan fingerprint density at radius 3 is 2.38 bits per heavy atom. The molecule has 5 rings (SSSR count). The van der Waals surface area contributed by atoms with Crippen molar-refractivity contribution < 1.29 is 9.53 Å². The highest BCUT2D eigenvalue weighted by atomic mass is 35.5. The Kier molecular flexibility index (Phi) is 6.06. The number of esters is 1. The first kappa shape index (κ1) is 22.5. The maximum absolute atomic E-state index is 12.9. The molecule has 0 aromatic heterocycles. The van der Waals surface area contributed by atoms with Gasteiger partial charge in [0.15, 0.2) is 0 Å².